The second kappa shape index (κ2) is 10.2. The van der Waals surface area contributed by atoms with E-state index in [9.17, 15) is 9.59 Å². The van der Waals surface area contributed by atoms with Gasteiger partial charge in [0.1, 0.15) is 6.04 Å². The SMILES string of the molecule is CCOC(=O)[C@H]1[C@H](c2ccccc2)c2c([nH]c3ccccc23)[C@@H](c2ccc3c(c2)OCO3)N1CC(=O)CCl. The number of para-hydroxylation sites is 1. The zero-order valence-corrected chi connectivity index (χ0v) is 21.6. The van der Waals surface area contributed by atoms with Gasteiger partial charge in [0, 0.05) is 22.5 Å². The van der Waals surface area contributed by atoms with Crippen molar-refractivity contribution in [3.8, 4) is 11.5 Å². The summed E-state index contributed by atoms with van der Waals surface area (Å²) >= 11 is 6.01. The lowest BCUT2D eigenvalue weighted by Gasteiger charge is -2.45. The molecule has 1 aromatic heterocycles. The molecule has 3 heterocycles. The van der Waals surface area contributed by atoms with Crippen LogP contribution in [0.4, 0.5) is 0 Å². The number of esters is 1. The zero-order valence-electron chi connectivity index (χ0n) is 20.9. The molecule has 7 nitrogen and oxygen atoms in total. The molecule has 0 radical (unpaired) electrons. The second-order valence-electron chi connectivity index (χ2n) is 9.44. The Bertz CT molecular complexity index is 1500. The Labute approximate surface area is 225 Å². The maximum absolute atomic E-state index is 13.8. The standard InChI is InChI=1S/C30H27ClN2O5/c1-2-36-30(35)29-25(18-8-4-3-5-9-18)26-21-10-6-7-11-22(21)32-27(26)28(33(29)16-20(34)15-31)19-12-13-23-24(14-19)38-17-37-23/h3-14,25,28-29,32H,2,15-17H2,1H3/t25-,28-,29-/m1/s1. The fourth-order valence-corrected chi connectivity index (χ4v) is 5.88. The number of aromatic nitrogens is 1. The molecule has 2 aliphatic rings. The van der Waals surface area contributed by atoms with Crippen LogP contribution in [0.2, 0.25) is 0 Å². The predicted molar refractivity (Wildman–Crippen MR) is 144 cm³/mol. The predicted octanol–water partition coefficient (Wildman–Crippen LogP) is 5.17. The van der Waals surface area contributed by atoms with Crippen molar-refractivity contribution >= 4 is 34.3 Å². The number of benzene rings is 3. The van der Waals surface area contributed by atoms with Gasteiger partial charge in [-0.15, -0.1) is 11.6 Å². The third kappa shape index (κ3) is 4.12. The van der Waals surface area contributed by atoms with E-state index in [1.807, 2.05) is 71.6 Å². The van der Waals surface area contributed by atoms with Gasteiger partial charge in [0.25, 0.3) is 0 Å². The molecule has 194 valence electrons. The van der Waals surface area contributed by atoms with Gasteiger partial charge in [-0.1, -0.05) is 54.6 Å². The largest absolute Gasteiger partial charge is 0.465 e. The molecule has 0 saturated heterocycles. The number of Topliss-reactive ketones (excluding diaryl/α,β-unsaturated/α-hetero) is 1. The number of aromatic amines is 1. The van der Waals surface area contributed by atoms with Crippen molar-refractivity contribution in [2.75, 3.05) is 25.8 Å². The van der Waals surface area contributed by atoms with E-state index in [-0.39, 0.29) is 43.5 Å². The number of carbonyl (C=O) groups is 2. The maximum Gasteiger partial charge on any atom is 0.324 e. The van der Waals surface area contributed by atoms with E-state index in [2.05, 4.69) is 11.1 Å². The first-order valence-electron chi connectivity index (χ1n) is 12.7. The lowest BCUT2D eigenvalue weighted by atomic mass is 9.76. The van der Waals surface area contributed by atoms with Crippen LogP contribution in [-0.4, -0.2) is 53.5 Å². The maximum atomic E-state index is 13.8. The van der Waals surface area contributed by atoms with Crippen LogP contribution < -0.4 is 9.47 Å². The summed E-state index contributed by atoms with van der Waals surface area (Å²) in [5, 5.41) is 1.03. The van der Waals surface area contributed by atoms with E-state index in [0.717, 1.165) is 33.3 Å². The summed E-state index contributed by atoms with van der Waals surface area (Å²) in [6.45, 7) is 2.14. The van der Waals surface area contributed by atoms with Gasteiger partial charge in [-0.2, -0.15) is 0 Å². The highest BCUT2D eigenvalue weighted by Crippen LogP contribution is 2.50. The van der Waals surface area contributed by atoms with Gasteiger partial charge >= 0.3 is 5.97 Å². The van der Waals surface area contributed by atoms with E-state index < -0.39 is 12.1 Å². The van der Waals surface area contributed by atoms with Gasteiger partial charge in [0.15, 0.2) is 17.3 Å². The van der Waals surface area contributed by atoms with E-state index in [4.69, 9.17) is 25.8 Å². The first-order valence-corrected chi connectivity index (χ1v) is 13.2. The van der Waals surface area contributed by atoms with Crippen molar-refractivity contribution in [1.82, 2.24) is 9.88 Å². The van der Waals surface area contributed by atoms with Gasteiger partial charge < -0.3 is 19.2 Å². The molecule has 0 aliphatic carbocycles. The van der Waals surface area contributed by atoms with Gasteiger partial charge in [0.2, 0.25) is 6.79 Å². The number of hydrogen-bond acceptors (Lipinski definition) is 6. The van der Waals surface area contributed by atoms with Gasteiger partial charge in [-0.25, -0.2) is 0 Å². The summed E-state index contributed by atoms with van der Waals surface area (Å²) in [4.78, 5) is 32.3. The monoisotopic (exact) mass is 530 g/mol. The minimum atomic E-state index is -0.772. The highest BCUT2D eigenvalue weighted by molar-refractivity contribution is 6.27. The average molecular weight is 531 g/mol. The molecule has 2 aliphatic heterocycles. The quantitative estimate of drug-likeness (QED) is 0.262. The van der Waals surface area contributed by atoms with E-state index in [0.29, 0.717) is 11.5 Å². The normalized spacial score (nSPS) is 20.3. The van der Waals surface area contributed by atoms with Crippen LogP contribution in [0.25, 0.3) is 10.9 Å². The summed E-state index contributed by atoms with van der Waals surface area (Å²) in [7, 11) is 0. The topological polar surface area (TPSA) is 80.9 Å². The first kappa shape index (κ1) is 24.5. The molecular weight excluding hydrogens is 504 g/mol. The van der Waals surface area contributed by atoms with Crippen LogP contribution in [0, 0.1) is 0 Å². The van der Waals surface area contributed by atoms with Crippen LogP contribution in [0.5, 0.6) is 11.5 Å². The number of hydrogen-bond donors (Lipinski definition) is 1. The highest BCUT2D eigenvalue weighted by Gasteiger charge is 2.49. The number of nitrogens with one attached hydrogen (secondary N) is 1. The number of rotatable bonds is 7. The van der Waals surface area contributed by atoms with Gasteiger partial charge in [-0.05, 0) is 41.8 Å². The van der Waals surface area contributed by atoms with Crippen molar-refractivity contribution in [2.45, 2.75) is 24.9 Å². The Morgan fingerprint density at radius 2 is 1.76 bits per heavy atom. The van der Waals surface area contributed by atoms with Crippen molar-refractivity contribution in [3.63, 3.8) is 0 Å². The molecule has 0 fully saturated rings. The summed E-state index contributed by atoms with van der Waals surface area (Å²) in [5.74, 6) is 0.184. The molecule has 0 amide bonds. The summed E-state index contributed by atoms with van der Waals surface area (Å²) in [6, 6.07) is 22.5. The zero-order chi connectivity index (χ0) is 26.2. The van der Waals surface area contributed by atoms with Crippen LogP contribution in [0.1, 0.15) is 41.3 Å². The Morgan fingerprint density at radius 3 is 2.55 bits per heavy atom. The first-order chi connectivity index (χ1) is 18.6. The van der Waals surface area contributed by atoms with Crippen molar-refractivity contribution in [2.24, 2.45) is 0 Å². The molecule has 8 heteroatoms. The third-order valence-corrected chi connectivity index (χ3v) is 7.57. The lowest BCUT2D eigenvalue weighted by molar-refractivity contribution is -0.152. The average Bonchev–Trinajstić information content (AvgIpc) is 3.57. The Morgan fingerprint density at radius 1 is 1.00 bits per heavy atom. The summed E-state index contributed by atoms with van der Waals surface area (Å²) in [6.07, 6.45) is 0. The molecule has 0 saturated carbocycles. The Kier molecular flexibility index (Phi) is 6.55. The van der Waals surface area contributed by atoms with Crippen LogP contribution in [0.3, 0.4) is 0 Å². The van der Waals surface area contributed by atoms with Crippen LogP contribution in [-0.2, 0) is 14.3 Å². The van der Waals surface area contributed by atoms with Crippen molar-refractivity contribution < 1.29 is 23.8 Å². The molecule has 0 bridgehead atoms. The number of H-pyrrole nitrogens is 1. The van der Waals surface area contributed by atoms with E-state index in [1.165, 1.54) is 0 Å². The lowest BCUT2D eigenvalue weighted by Crippen LogP contribution is -2.53. The Balaban J connectivity index is 1.65. The number of ketones is 1. The number of nitrogens with zero attached hydrogens (tertiary/aromatic N) is 1. The minimum absolute atomic E-state index is 0.0236. The van der Waals surface area contributed by atoms with Crippen LogP contribution in [0.15, 0.2) is 72.8 Å². The molecule has 38 heavy (non-hydrogen) atoms. The van der Waals surface area contributed by atoms with Gasteiger partial charge in [-0.3, -0.25) is 14.5 Å². The van der Waals surface area contributed by atoms with Crippen molar-refractivity contribution in [1.29, 1.82) is 0 Å². The number of halogens is 1. The number of carbonyl (C=O) groups excluding carboxylic acids is 2. The second-order valence-corrected chi connectivity index (χ2v) is 9.71. The molecule has 3 aromatic carbocycles. The van der Waals surface area contributed by atoms with E-state index >= 15 is 0 Å². The number of alkyl halides is 1. The Hall–Kier alpha value is -3.81. The van der Waals surface area contributed by atoms with Crippen molar-refractivity contribution in [3.05, 3.63) is 95.2 Å². The molecule has 0 unspecified atom stereocenters. The highest BCUT2D eigenvalue weighted by atomic mass is 35.5. The van der Waals surface area contributed by atoms with Crippen LogP contribution >= 0.6 is 11.6 Å². The molecule has 4 aromatic rings. The molecule has 0 spiro atoms. The minimum Gasteiger partial charge on any atom is -0.465 e. The fourth-order valence-electron chi connectivity index (χ4n) is 5.80. The number of fused-ring (bicyclic) bond motifs is 4. The smallest absolute Gasteiger partial charge is 0.324 e. The number of ether oxygens (including phenoxy) is 3. The van der Waals surface area contributed by atoms with Gasteiger partial charge in [0.05, 0.1) is 25.1 Å². The van der Waals surface area contributed by atoms with E-state index in [1.54, 1.807) is 6.92 Å². The fraction of sp³-hybridized carbons (Fsp3) is 0.267. The summed E-state index contributed by atoms with van der Waals surface area (Å²) in [5.41, 5.74) is 4.72. The molecular formula is C30H27ClN2O5. The molecule has 6 rings (SSSR count). The molecule has 3 atom stereocenters. The molecule has 1 N–H and O–H groups in total. The third-order valence-electron chi connectivity index (χ3n) is 7.27. The summed E-state index contributed by atoms with van der Waals surface area (Å²) < 4.78 is 16.9.